The Hall–Kier alpha value is -1.82. The minimum atomic E-state index is -0.372. The summed E-state index contributed by atoms with van der Waals surface area (Å²) in [6.45, 7) is 4.13. The van der Waals surface area contributed by atoms with Crippen LogP contribution in [0.25, 0.3) is 0 Å². The van der Waals surface area contributed by atoms with E-state index in [4.69, 9.17) is 15.2 Å². The van der Waals surface area contributed by atoms with Crippen LogP contribution in [0.3, 0.4) is 0 Å². The largest absolute Gasteiger partial charge is 0.481 e. The summed E-state index contributed by atoms with van der Waals surface area (Å²) in [5, 5.41) is 0. The second kappa shape index (κ2) is 6.09. The van der Waals surface area contributed by atoms with Gasteiger partial charge in [-0.25, -0.2) is 9.78 Å². The molecule has 2 rings (SSSR count). The van der Waals surface area contributed by atoms with E-state index in [-0.39, 0.29) is 18.2 Å². The molecule has 6 heteroatoms. The number of hydrogen-bond donors (Lipinski definition) is 1. The lowest BCUT2D eigenvalue weighted by Crippen LogP contribution is -2.55. The number of rotatable bonds is 3. The van der Waals surface area contributed by atoms with Gasteiger partial charge in [0.2, 0.25) is 5.88 Å². The van der Waals surface area contributed by atoms with E-state index in [0.29, 0.717) is 18.9 Å². The van der Waals surface area contributed by atoms with Gasteiger partial charge in [-0.15, -0.1) is 0 Å². The number of hydrogen-bond acceptors (Lipinski definition) is 5. The van der Waals surface area contributed by atoms with Crippen LogP contribution < -0.4 is 15.4 Å². The zero-order chi connectivity index (χ0) is 14.7. The van der Waals surface area contributed by atoms with E-state index in [1.807, 2.05) is 13.0 Å². The molecule has 0 aromatic carbocycles. The van der Waals surface area contributed by atoms with Crippen LogP contribution in [0.5, 0.6) is 5.88 Å². The fraction of sp³-hybridized carbons (Fsp3) is 0.571. The van der Waals surface area contributed by atoms with Gasteiger partial charge in [0.15, 0.2) is 0 Å². The van der Waals surface area contributed by atoms with E-state index in [0.717, 1.165) is 17.8 Å². The lowest BCUT2D eigenvalue weighted by molar-refractivity contribution is 0.154. The number of aromatic nitrogens is 1. The fourth-order valence-electron chi connectivity index (χ4n) is 2.60. The van der Waals surface area contributed by atoms with Gasteiger partial charge >= 0.3 is 6.09 Å². The van der Waals surface area contributed by atoms with Gasteiger partial charge in [-0.2, -0.15) is 0 Å². The number of fused-ring (bicyclic) bond motifs is 1. The minimum absolute atomic E-state index is 0.0725. The average Bonchev–Trinajstić information content (AvgIpc) is 2.45. The molecule has 2 unspecified atom stereocenters. The first-order valence-electron chi connectivity index (χ1n) is 6.87. The molecular formula is C14H21N3O3. The summed E-state index contributed by atoms with van der Waals surface area (Å²) in [6.07, 6.45) is 1.02. The summed E-state index contributed by atoms with van der Waals surface area (Å²) in [5.41, 5.74) is 7.72. The lowest BCUT2D eigenvalue weighted by atomic mass is 9.93. The highest BCUT2D eigenvalue weighted by molar-refractivity contribution is 5.90. The molecule has 2 heterocycles. The van der Waals surface area contributed by atoms with Crippen molar-refractivity contribution in [2.45, 2.75) is 38.8 Å². The predicted octanol–water partition coefficient (Wildman–Crippen LogP) is 1.72. The number of nitrogens with two attached hydrogens (primary N) is 1. The first-order valence-corrected chi connectivity index (χ1v) is 6.87. The van der Waals surface area contributed by atoms with E-state index in [2.05, 4.69) is 4.98 Å². The highest BCUT2D eigenvalue weighted by atomic mass is 16.6. The molecule has 2 N–H and O–H groups in total. The topological polar surface area (TPSA) is 77.7 Å². The van der Waals surface area contributed by atoms with E-state index in [1.165, 1.54) is 0 Å². The molecule has 1 aliphatic rings. The summed E-state index contributed by atoms with van der Waals surface area (Å²) in [5.74, 6) is 0.523. The third kappa shape index (κ3) is 2.56. The molecule has 0 bridgehead atoms. The van der Waals surface area contributed by atoms with Crippen molar-refractivity contribution in [2.75, 3.05) is 18.6 Å². The second-order valence-corrected chi connectivity index (χ2v) is 4.73. The average molecular weight is 279 g/mol. The summed E-state index contributed by atoms with van der Waals surface area (Å²) in [6, 6.07) is 3.36. The summed E-state index contributed by atoms with van der Waals surface area (Å²) >= 11 is 0. The highest BCUT2D eigenvalue weighted by Gasteiger charge is 2.36. The maximum absolute atomic E-state index is 12.2. The molecule has 20 heavy (non-hydrogen) atoms. The Morgan fingerprint density at radius 3 is 2.85 bits per heavy atom. The SMILES string of the molecule is CCOC(=O)N1c2ccc(OC)nc2CC(N)C1CC. The quantitative estimate of drug-likeness (QED) is 0.911. The van der Waals surface area contributed by atoms with E-state index in [1.54, 1.807) is 25.0 Å². The van der Waals surface area contributed by atoms with Crippen LogP contribution in [-0.2, 0) is 11.2 Å². The van der Waals surface area contributed by atoms with Crippen molar-refractivity contribution in [3.63, 3.8) is 0 Å². The van der Waals surface area contributed by atoms with E-state index >= 15 is 0 Å². The maximum Gasteiger partial charge on any atom is 0.414 e. The number of anilines is 1. The van der Waals surface area contributed by atoms with Crippen LogP contribution >= 0.6 is 0 Å². The van der Waals surface area contributed by atoms with Crippen molar-refractivity contribution in [3.8, 4) is 5.88 Å². The number of nitrogens with zero attached hydrogens (tertiary/aromatic N) is 2. The van der Waals surface area contributed by atoms with Crippen molar-refractivity contribution in [3.05, 3.63) is 17.8 Å². The summed E-state index contributed by atoms with van der Waals surface area (Å²) in [4.78, 5) is 18.2. The lowest BCUT2D eigenvalue weighted by Gasteiger charge is -2.39. The Labute approximate surface area is 118 Å². The predicted molar refractivity (Wildman–Crippen MR) is 76.0 cm³/mol. The van der Waals surface area contributed by atoms with Crippen LogP contribution in [0.2, 0.25) is 0 Å². The Morgan fingerprint density at radius 1 is 1.50 bits per heavy atom. The van der Waals surface area contributed by atoms with Crippen molar-refractivity contribution in [1.82, 2.24) is 4.98 Å². The smallest absolute Gasteiger partial charge is 0.414 e. The molecule has 0 aliphatic carbocycles. The molecule has 6 nitrogen and oxygen atoms in total. The molecule has 0 fully saturated rings. The first-order chi connectivity index (χ1) is 9.62. The number of amides is 1. The van der Waals surface area contributed by atoms with E-state index < -0.39 is 0 Å². The fourth-order valence-corrected chi connectivity index (χ4v) is 2.60. The standard InChI is InChI=1S/C14H21N3O3/c1-4-11-9(15)8-10-12(6-7-13(16-10)19-3)17(11)14(18)20-5-2/h6-7,9,11H,4-5,8,15H2,1-3H3. The van der Waals surface area contributed by atoms with Crippen LogP contribution in [0.4, 0.5) is 10.5 Å². The van der Waals surface area contributed by atoms with E-state index in [9.17, 15) is 4.79 Å². The maximum atomic E-state index is 12.2. The minimum Gasteiger partial charge on any atom is -0.481 e. The molecule has 1 amide bonds. The number of ether oxygens (including phenoxy) is 2. The normalized spacial score (nSPS) is 21.3. The number of carbonyl (C=O) groups excluding carboxylic acids is 1. The molecule has 0 spiro atoms. The van der Waals surface area contributed by atoms with Crippen LogP contribution in [-0.4, -0.2) is 36.9 Å². The number of pyridine rings is 1. The van der Waals surface area contributed by atoms with Gasteiger partial charge < -0.3 is 15.2 Å². The third-order valence-corrected chi connectivity index (χ3v) is 3.53. The molecular weight excluding hydrogens is 258 g/mol. The molecule has 1 aliphatic heterocycles. The van der Waals surface area contributed by atoms with Crippen molar-refractivity contribution < 1.29 is 14.3 Å². The van der Waals surface area contributed by atoms with Crippen molar-refractivity contribution in [2.24, 2.45) is 5.73 Å². The Kier molecular flexibility index (Phi) is 4.44. The summed E-state index contributed by atoms with van der Waals surface area (Å²) in [7, 11) is 1.56. The number of methoxy groups -OCH3 is 1. The van der Waals surface area contributed by atoms with Crippen LogP contribution in [0, 0.1) is 0 Å². The van der Waals surface area contributed by atoms with Crippen LogP contribution in [0.1, 0.15) is 26.0 Å². The molecule has 0 saturated carbocycles. The molecule has 1 aromatic heterocycles. The zero-order valence-electron chi connectivity index (χ0n) is 12.1. The molecule has 0 saturated heterocycles. The second-order valence-electron chi connectivity index (χ2n) is 4.73. The molecule has 110 valence electrons. The molecule has 1 aromatic rings. The van der Waals surface area contributed by atoms with Gasteiger partial charge in [0.05, 0.1) is 31.1 Å². The van der Waals surface area contributed by atoms with Crippen LogP contribution in [0.15, 0.2) is 12.1 Å². The zero-order valence-corrected chi connectivity index (χ0v) is 12.1. The highest BCUT2D eigenvalue weighted by Crippen LogP contribution is 2.32. The van der Waals surface area contributed by atoms with Gasteiger partial charge in [-0.3, -0.25) is 4.90 Å². The van der Waals surface area contributed by atoms with Gasteiger partial charge in [0.25, 0.3) is 0 Å². The van der Waals surface area contributed by atoms with Crippen molar-refractivity contribution in [1.29, 1.82) is 0 Å². The number of carbonyl (C=O) groups is 1. The van der Waals surface area contributed by atoms with Gasteiger partial charge in [-0.1, -0.05) is 6.92 Å². The van der Waals surface area contributed by atoms with Gasteiger partial charge in [0.1, 0.15) is 0 Å². The first kappa shape index (κ1) is 14.6. The monoisotopic (exact) mass is 279 g/mol. The van der Waals surface area contributed by atoms with Gasteiger partial charge in [0, 0.05) is 18.5 Å². The summed E-state index contributed by atoms with van der Waals surface area (Å²) < 4.78 is 10.3. The Balaban J connectivity index is 2.43. The molecule has 0 radical (unpaired) electrons. The third-order valence-electron chi connectivity index (χ3n) is 3.53. The van der Waals surface area contributed by atoms with Crippen molar-refractivity contribution >= 4 is 11.8 Å². The Bertz CT molecular complexity index is 493. The van der Waals surface area contributed by atoms with Gasteiger partial charge in [-0.05, 0) is 19.4 Å². The Morgan fingerprint density at radius 2 is 2.25 bits per heavy atom. The molecule has 2 atom stereocenters.